The van der Waals surface area contributed by atoms with Crippen molar-refractivity contribution in [3.05, 3.63) is 0 Å². The first-order valence-electron chi connectivity index (χ1n) is 2.14. The molecule has 0 rings (SSSR count). The van der Waals surface area contributed by atoms with Crippen LogP contribution in [0.1, 0.15) is 0 Å². The summed E-state index contributed by atoms with van der Waals surface area (Å²) in [6, 6.07) is 0. The Labute approximate surface area is 62.1 Å². The van der Waals surface area contributed by atoms with Gasteiger partial charge in [0.05, 0.1) is 0 Å². The van der Waals surface area contributed by atoms with Gasteiger partial charge in [-0.3, -0.25) is 4.52 Å². The lowest BCUT2D eigenvalue weighted by Gasteiger charge is -2.11. The molecule has 0 aliphatic heterocycles. The second kappa shape index (κ2) is 3.75. The summed E-state index contributed by atoms with van der Waals surface area (Å²) in [5, 5.41) is 0. The third-order valence-electron chi connectivity index (χ3n) is 0.559. The molecule has 68 valence electrons. The van der Waals surface area contributed by atoms with E-state index in [0.29, 0.717) is 0 Å². The van der Waals surface area contributed by atoms with Crippen molar-refractivity contribution in [1.82, 2.24) is 0 Å². The highest BCUT2D eigenvalue weighted by Crippen LogP contribution is 2.59. The lowest BCUT2D eigenvalue weighted by Crippen LogP contribution is -2.01. The summed E-state index contributed by atoms with van der Waals surface area (Å²) in [5.41, 5.74) is 0. The normalized spacial score (nSPS) is 17.8. The zero-order valence-electron chi connectivity index (χ0n) is 5.41. The molecular formula is CH7NO7P2. The van der Waals surface area contributed by atoms with Crippen molar-refractivity contribution in [2.24, 2.45) is 5.90 Å². The van der Waals surface area contributed by atoms with E-state index in [2.05, 4.69) is 19.4 Å². The largest absolute Gasteiger partial charge is 0.499 e. The summed E-state index contributed by atoms with van der Waals surface area (Å²) in [6.07, 6.45) is 0. The van der Waals surface area contributed by atoms with Crippen LogP contribution in [0.5, 0.6) is 0 Å². The van der Waals surface area contributed by atoms with Crippen LogP contribution in [0.2, 0.25) is 0 Å². The Bertz CT molecular complexity index is 198. The van der Waals surface area contributed by atoms with E-state index in [0.717, 1.165) is 7.11 Å². The number of hydrogen-bond donors (Lipinski definition) is 3. The minimum absolute atomic E-state index is 0.864. The van der Waals surface area contributed by atoms with Crippen LogP contribution in [0.3, 0.4) is 0 Å². The third-order valence-corrected chi connectivity index (χ3v) is 2.92. The molecule has 0 aliphatic carbocycles. The van der Waals surface area contributed by atoms with Crippen molar-refractivity contribution in [2.75, 3.05) is 7.11 Å². The summed E-state index contributed by atoms with van der Waals surface area (Å²) in [7, 11) is -8.34. The third kappa shape index (κ3) is 4.62. The summed E-state index contributed by atoms with van der Waals surface area (Å²) < 4.78 is 31.8. The fourth-order valence-electron chi connectivity index (χ4n) is 0.226. The maximum atomic E-state index is 10.7. The average molecular weight is 207 g/mol. The standard InChI is InChI=1S/CH7NO7P2/c1-7-11(6,8-2)9-10(3,4)5/h2H2,1H3,(H2,3,4,5). The van der Waals surface area contributed by atoms with Gasteiger partial charge in [0.1, 0.15) is 0 Å². The molecule has 1 unspecified atom stereocenters. The maximum absolute atomic E-state index is 10.7. The molecule has 0 amide bonds. The topological polar surface area (TPSA) is 128 Å². The Morgan fingerprint density at radius 2 is 1.82 bits per heavy atom. The van der Waals surface area contributed by atoms with Gasteiger partial charge in [-0.25, -0.2) is 19.7 Å². The molecule has 8 nitrogen and oxygen atoms in total. The second-order valence-corrected chi connectivity index (χ2v) is 4.41. The zero-order chi connectivity index (χ0) is 9.12. The Balaban J connectivity index is 4.34. The maximum Gasteiger partial charge on any atom is 0.499 e. The lowest BCUT2D eigenvalue weighted by molar-refractivity contribution is 0.161. The molecule has 0 bridgehead atoms. The molecular weight excluding hydrogens is 200 g/mol. The van der Waals surface area contributed by atoms with E-state index in [1.54, 1.807) is 0 Å². The predicted octanol–water partition coefficient (Wildman–Crippen LogP) is -0.260. The van der Waals surface area contributed by atoms with Crippen LogP contribution in [-0.2, 0) is 22.6 Å². The van der Waals surface area contributed by atoms with Crippen molar-refractivity contribution < 1.29 is 32.4 Å². The highest BCUT2D eigenvalue weighted by atomic mass is 31.3. The molecule has 0 saturated carbocycles. The van der Waals surface area contributed by atoms with Crippen LogP contribution in [0, 0.1) is 0 Å². The van der Waals surface area contributed by atoms with E-state index < -0.39 is 15.6 Å². The number of rotatable bonds is 4. The first kappa shape index (κ1) is 11.2. The molecule has 0 aromatic heterocycles. The van der Waals surface area contributed by atoms with Gasteiger partial charge in [0.2, 0.25) is 0 Å². The fourth-order valence-corrected chi connectivity index (χ4v) is 1.77. The van der Waals surface area contributed by atoms with Crippen molar-refractivity contribution >= 4 is 15.6 Å². The van der Waals surface area contributed by atoms with E-state index in [9.17, 15) is 9.13 Å². The molecule has 0 fully saturated rings. The van der Waals surface area contributed by atoms with Crippen LogP contribution in [0.25, 0.3) is 0 Å². The van der Waals surface area contributed by atoms with Gasteiger partial charge < -0.3 is 9.79 Å². The molecule has 0 aromatic rings. The predicted molar refractivity (Wildman–Crippen MR) is 33.0 cm³/mol. The summed E-state index contributed by atoms with van der Waals surface area (Å²) in [5.74, 6) is 4.37. The van der Waals surface area contributed by atoms with Gasteiger partial charge in [-0.05, 0) is 0 Å². The van der Waals surface area contributed by atoms with Crippen LogP contribution < -0.4 is 5.90 Å². The molecule has 11 heavy (non-hydrogen) atoms. The van der Waals surface area contributed by atoms with Crippen LogP contribution in [0.15, 0.2) is 0 Å². The van der Waals surface area contributed by atoms with Gasteiger partial charge >= 0.3 is 15.6 Å². The Morgan fingerprint density at radius 1 is 1.36 bits per heavy atom. The van der Waals surface area contributed by atoms with Gasteiger partial charge in [-0.1, -0.05) is 0 Å². The van der Waals surface area contributed by atoms with E-state index >= 15 is 0 Å². The van der Waals surface area contributed by atoms with E-state index in [4.69, 9.17) is 9.79 Å². The number of phosphoric acid groups is 2. The molecule has 1 atom stereocenters. The number of hydrogen-bond acceptors (Lipinski definition) is 6. The highest BCUT2D eigenvalue weighted by molar-refractivity contribution is 7.61. The minimum Gasteiger partial charge on any atom is -0.302 e. The van der Waals surface area contributed by atoms with Crippen molar-refractivity contribution in [3.8, 4) is 0 Å². The van der Waals surface area contributed by atoms with Gasteiger partial charge in [0.25, 0.3) is 0 Å². The highest BCUT2D eigenvalue weighted by Gasteiger charge is 2.34. The lowest BCUT2D eigenvalue weighted by atomic mass is 11.8. The summed E-state index contributed by atoms with van der Waals surface area (Å²) in [6.45, 7) is 0. The zero-order valence-corrected chi connectivity index (χ0v) is 7.20. The first-order valence-corrected chi connectivity index (χ1v) is 5.13. The number of nitrogens with two attached hydrogens (primary N) is 1. The van der Waals surface area contributed by atoms with Crippen molar-refractivity contribution in [2.45, 2.75) is 0 Å². The Kier molecular flexibility index (Phi) is 3.83. The van der Waals surface area contributed by atoms with Crippen molar-refractivity contribution in [1.29, 1.82) is 0 Å². The van der Waals surface area contributed by atoms with Gasteiger partial charge in [0, 0.05) is 7.11 Å². The molecule has 0 saturated heterocycles. The van der Waals surface area contributed by atoms with E-state index in [1.807, 2.05) is 0 Å². The van der Waals surface area contributed by atoms with Gasteiger partial charge in [0.15, 0.2) is 0 Å². The summed E-state index contributed by atoms with van der Waals surface area (Å²) >= 11 is 0. The fraction of sp³-hybridized carbons (Fsp3) is 1.00. The SMILES string of the molecule is COP(=O)(ON)OP(=O)(O)O. The molecule has 4 N–H and O–H groups in total. The Hall–Kier alpha value is 0.220. The van der Waals surface area contributed by atoms with Gasteiger partial charge in [-0.2, -0.15) is 4.31 Å². The van der Waals surface area contributed by atoms with Crippen LogP contribution in [0.4, 0.5) is 0 Å². The van der Waals surface area contributed by atoms with Crippen LogP contribution >= 0.6 is 15.6 Å². The molecule has 0 spiro atoms. The molecule has 0 aliphatic rings. The van der Waals surface area contributed by atoms with E-state index in [-0.39, 0.29) is 0 Å². The van der Waals surface area contributed by atoms with Crippen LogP contribution in [-0.4, -0.2) is 16.9 Å². The monoisotopic (exact) mass is 207 g/mol. The molecule has 0 aromatic carbocycles. The Morgan fingerprint density at radius 3 is 1.91 bits per heavy atom. The molecule has 0 radical (unpaired) electrons. The first-order chi connectivity index (χ1) is 4.83. The quantitative estimate of drug-likeness (QED) is 0.424. The molecule has 10 heteroatoms. The second-order valence-electron chi connectivity index (χ2n) is 1.31. The summed E-state index contributed by atoms with van der Waals surface area (Å²) in [4.78, 5) is 16.2. The minimum atomic E-state index is -4.91. The average Bonchev–Trinajstić information content (AvgIpc) is 1.84. The van der Waals surface area contributed by atoms with E-state index in [1.165, 1.54) is 0 Å². The van der Waals surface area contributed by atoms with Crippen molar-refractivity contribution in [3.63, 3.8) is 0 Å². The smallest absolute Gasteiger partial charge is 0.302 e. The van der Waals surface area contributed by atoms with Gasteiger partial charge in [-0.15, -0.1) is 0 Å². The molecule has 0 heterocycles.